The van der Waals surface area contributed by atoms with Crippen molar-refractivity contribution in [1.82, 2.24) is 0 Å². The van der Waals surface area contributed by atoms with Crippen molar-refractivity contribution in [2.75, 3.05) is 5.43 Å². The van der Waals surface area contributed by atoms with Gasteiger partial charge in [-0.1, -0.05) is 0 Å². The Hall–Kier alpha value is -1.76. The maximum atomic E-state index is 12.3. The molecule has 1 aromatic rings. The number of nitro groups is 1. The smallest absolute Gasteiger partial charge is 0.278 e. The summed E-state index contributed by atoms with van der Waals surface area (Å²) in [6, 6.07) is 3.18. The molecule has 0 saturated heterocycles. The number of anilines is 1. The molecule has 0 saturated carbocycles. The monoisotopic (exact) mass is 203 g/mol. The minimum atomic E-state index is -2.90. The SMILES string of the molecule is NNc1ccc([N+](=O)[O-])c(C(F)F)c1. The molecule has 0 unspecified atom stereocenters. The number of hydrazine groups is 1. The number of nitro benzene ring substituents is 1. The lowest BCUT2D eigenvalue weighted by atomic mass is 10.1. The third kappa shape index (κ3) is 1.94. The molecular formula is C7H7F2N3O2. The fourth-order valence-electron chi connectivity index (χ4n) is 0.985. The molecule has 3 N–H and O–H groups in total. The number of alkyl halides is 2. The van der Waals surface area contributed by atoms with Crippen molar-refractivity contribution in [1.29, 1.82) is 0 Å². The van der Waals surface area contributed by atoms with Crippen LogP contribution in [0.15, 0.2) is 18.2 Å². The minimum absolute atomic E-state index is 0.200. The lowest BCUT2D eigenvalue weighted by Gasteiger charge is -2.04. The van der Waals surface area contributed by atoms with Gasteiger partial charge in [0.05, 0.1) is 10.5 Å². The quantitative estimate of drug-likeness (QED) is 0.446. The number of nitrogens with one attached hydrogen (secondary N) is 1. The van der Waals surface area contributed by atoms with E-state index in [9.17, 15) is 18.9 Å². The number of benzene rings is 1. The Labute approximate surface area is 77.6 Å². The zero-order valence-electron chi connectivity index (χ0n) is 6.91. The van der Waals surface area contributed by atoms with Crippen LogP contribution in [0.5, 0.6) is 0 Å². The van der Waals surface area contributed by atoms with Crippen molar-refractivity contribution in [3.63, 3.8) is 0 Å². The molecule has 5 nitrogen and oxygen atoms in total. The van der Waals surface area contributed by atoms with Gasteiger partial charge in [-0.05, 0) is 12.1 Å². The molecule has 0 heterocycles. The average Bonchev–Trinajstić information content (AvgIpc) is 2.16. The molecule has 0 aliphatic heterocycles. The second-order valence-corrected chi connectivity index (χ2v) is 2.48. The highest BCUT2D eigenvalue weighted by molar-refractivity contribution is 5.53. The summed E-state index contributed by atoms with van der Waals surface area (Å²) in [4.78, 5) is 9.49. The standard InChI is InChI=1S/C7H7F2N3O2/c8-7(9)5-3-4(11-10)1-2-6(5)12(13)14/h1-3,7,11H,10H2. The van der Waals surface area contributed by atoms with Gasteiger partial charge < -0.3 is 5.43 Å². The van der Waals surface area contributed by atoms with E-state index < -0.39 is 22.6 Å². The summed E-state index contributed by atoms with van der Waals surface area (Å²) in [7, 11) is 0. The third-order valence-electron chi connectivity index (χ3n) is 1.63. The largest absolute Gasteiger partial charge is 0.324 e. The molecule has 1 aromatic carbocycles. The van der Waals surface area contributed by atoms with E-state index >= 15 is 0 Å². The van der Waals surface area contributed by atoms with Crippen LogP contribution in [0, 0.1) is 10.1 Å². The van der Waals surface area contributed by atoms with Crippen LogP contribution in [0.2, 0.25) is 0 Å². The molecule has 14 heavy (non-hydrogen) atoms. The Morgan fingerprint density at radius 3 is 2.57 bits per heavy atom. The first-order valence-corrected chi connectivity index (χ1v) is 3.59. The number of nitrogens with two attached hydrogens (primary N) is 1. The Bertz CT molecular complexity index is 357. The predicted octanol–water partition coefficient (Wildman–Crippen LogP) is 1.82. The van der Waals surface area contributed by atoms with E-state index in [-0.39, 0.29) is 5.69 Å². The molecule has 0 fully saturated rings. The second-order valence-electron chi connectivity index (χ2n) is 2.48. The summed E-state index contributed by atoms with van der Waals surface area (Å²) in [5.41, 5.74) is 1.07. The molecule has 7 heteroatoms. The van der Waals surface area contributed by atoms with Gasteiger partial charge in [0.2, 0.25) is 0 Å². The average molecular weight is 203 g/mol. The van der Waals surface area contributed by atoms with Crippen molar-refractivity contribution >= 4 is 11.4 Å². The van der Waals surface area contributed by atoms with Crippen molar-refractivity contribution in [3.05, 3.63) is 33.9 Å². The Morgan fingerprint density at radius 2 is 2.14 bits per heavy atom. The summed E-state index contributed by atoms with van der Waals surface area (Å²) < 4.78 is 24.7. The maximum absolute atomic E-state index is 12.3. The van der Waals surface area contributed by atoms with Crippen LogP contribution in [0.4, 0.5) is 20.2 Å². The molecule has 0 spiro atoms. The van der Waals surface area contributed by atoms with Gasteiger partial charge in [0, 0.05) is 11.8 Å². The van der Waals surface area contributed by atoms with Crippen molar-refractivity contribution in [2.24, 2.45) is 5.84 Å². The fraction of sp³-hybridized carbons (Fsp3) is 0.143. The Kier molecular flexibility index (Phi) is 2.92. The lowest BCUT2D eigenvalue weighted by molar-refractivity contribution is -0.386. The summed E-state index contributed by atoms with van der Waals surface area (Å²) in [6.45, 7) is 0. The number of nitrogens with zero attached hydrogens (tertiary/aromatic N) is 1. The van der Waals surface area contributed by atoms with Crippen LogP contribution < -0.4 is 11.3 Å². The second kappa shape index (κ2) is 3.97. The van der Waals surface area contributed by atoms with Crippen LogP contribution in [0.1, 0.15) is 12.0 Å². The number of hydrogen-bond acceptors (Lipinski definition) is 4. The lowest BCUT2D eigenvalue weighted by Crippen LogP contribution is -2.07. The molecular weight excluding hydrogens is 196 g/mol. The van der Waals surface area contributed by atoms with Gasteiger partial charge in [-0.2, -0.15) is 0 Å². The van der Waals surface area contributed by atoms with E-state index in [1.807, 2.05) is 0 Å². The molecule has 0 amide bonds. The van der Waals surface area contributed by atoms with Gasteiger partial charge in [0.15, 0.2) is 0 Å². The minimum Gasteiger partial charge on any atom is -0.324 e. The first-order valence-electron chi connectivity index (χ1n) is 3.59. The van der Waals surface area contributed by atoms with Crippen LogP contribution in [-0.4, -0.2) is 4.92 Å². The number of halogens is 2. The molecule has 0 radical (unpaired) electrons. The zero-order chi connectivity index (χ0) is 10.7. The van der Waals surface area contributed by atoms with Crippen LogP contribution >= 0.6 is 0 Å². The highest BCUT2D eigenvalue weighted by Crippen LogP contribution is 2.30. The van der Waals surface area contributed by atoms with Crippen LogP contribution in [0.3, 0.4) is 0 Å². The van der Waals surface area contributed by atoms with Crippen LogP contribution in [-0.2, 0) is 0 Å². The van der Waals surface area contributed by atoms with Gasteiger partial charge in [0.1, 0.15) is 0 Å². The molecule has 1 rings (SSSR count). The third-order valence-corrected chi connectivity index (χ3v) is 1.63. The Balaban J connectivity index is 3.24. The first kappa shape index (κ1) is 10.3. The van der Waals surface area contributed by atoms with E-state index in [0.717, 1.165) is 12.1 Å². The topological polar surface area (TPSA) is 81.2 Å². The number of rotatable bonds is 3. The maximum Gasteiger partial charge on any atom is 0.278 e. The molecule has 0 aromatic heterocycles. The highest BCUT2D eigenvalue weighted by atomic mass is 19.3. The summed E-state index contributed by atoms with van der Waals surface area (Å²) in [5, 5.41) is 10.3. The van der Waals surface area contributed by atoms with E-state index in [4.69, 9.17) is 5.84 Å². The summed E-state index contributed by atoms with van der Waals surface area (Å²) >= 11 is 0. The van der Waals surface area contributed by atoms with Crippen molar-refractivity contribution < 1.29 is 13.7 Å². The highest BCUT2D eigenvalue weighted by Gasteiger charge is 2.21. The van der Waals surface area contributed by atoms with Gasteiger partial charge in [-0.15, -0.1) is 0 Å². The summed E-state index contributed by atoms with van der Waals surface area (Å²) in [5.74, 6) is 4.98. The first-order chi connectivity index (χ1) is 6.56. The van der Waals surface area contributed by atoms with E-state index in [0.29, 0.717) is 0 Å². The molecule has 0 bridgehead atoms. The van der Waals surface area contributed by atoms with Crippen molar-refractivity contribution in [3.8, 4) is 0 Å². The normalized spacial score (nSPS) is 10.3. The summed E-state index contributed by atoms with van der Waals surface area (Å²) in [6.07, 6.45) is -2.90. The molecule has 76 valence electrons. The van der Waals surface area contributed by atoms with E-state index in [1.165, 1.54) is 6.07 Å². The van der Waals surface area contributed by atoms with Crippen molar-refractivity contribution in [2.45, 2.75) is 6.43 Å². The van der Waals surface area contributed by atoms with Gasteiger partial charge in [-0.25, -0.2) is 8.78 Å². The predicted molar refractivity (Wildman–Crippen MR) is 45.9 cm³/mol. The van der Waals surface area contributed by atoms with E-state index in [1.54, 1.807) is 0 Å². The molecule has 0 aliphatic carbocycles. The van der Waals surface area contributed by atoms with Crippen LogP contribution in [0.25, 0.3) is 0 Å². The van der Waals surface area contributed by atoms with E-state index in [2.05, 4.69) is 5.43 Å². The number of hydrogen-bond donors (Lipinski definition) is 2. The Morgan fingerprint density at radius 1 is 1.50 bits per heavy atom. The zero-order valence-corrected chi connectivity index (χ0v) is 6.91. The molecule has 0 aliphatic rings. The fourth-order valence-corrected chi connectivity index (χ4v) is 0.985. The number of nitrogen functional groups attached to an aromatic ring is 1. The van der Waals surface area contributed by atoms with Gasteiger partial charge in [0.25, 0.3) is 12.1 Å². The van der Waals surface area contributed by atoms with Gasteiger partial charge >= 0.3 is 0 Å². The molecule has 0 atom stereocenters. The van der Waals surface area contributed by atoms with Gasteiger partial charge in [-0.3, -0.25) is 16.0 Å².